The topological polar surface area (TPSA) is 21.6 Å². The van der Waals surface area contributed by atoms with E-state index in [9.17, 15) is 0 Å². The van der Waals surface area contributed by atoms with Gasteiger partial charge in [-0.3, -0.25) is 4.99 Å². The molecule has 0 saturated carbocycles. The maximum atomic E-state index is 5.37. The fourth-order valence-electron chi connectivity index (χ4n) is 1.05. The van der Waals surface area contributed by atoms with Crippen molar-refractivity contribution < 1.29 is 4.74 Å². The summed E-state index contributed by atoms with van der Waals surface area (Å²) in [6.07, 6.45) is 3.47. The number of nitrogens with zero attached hydrogens (tertiary/aromatic N) is 1. The summed E-state index contributed by atoms with van der Waals surface area (Å²) in [5.41, 5.74) is 1.90. The third-order valence-electron chi connectivity index (χ3n) is 1.68. The monoisotopic (exact) mass is 189 g/mol. The molecule has 14 heavy (non-hydrogen) atoms. The second-order valence-corrected chi connectivity index (χ2v) is 2.67. The lowest BCUT2D eigenvalue weighted by atomic mass is 10.2. The zero-order valence-corrected chi connectivity index (χ0v) is 8.82. The van der Waals surface area contributed by atoms with Gasteiger partial charge in [-0.2, -0.15) is 0 Å². The summed E-state index contributed by atoms with van der Waals surface area (Å²) in [6, 6.07) is 7.82. The number of rotatable bonds is 0. The van der Waals surface area contributed by atoms with Crippen molar-refractivity contribution in [3.63, 3.8) is 0 Å². The molecule has 0 aliphatic carbocycles. The van der Waals surface area contributed by atoms with Crippen LogP contribution in [0.5, 0.6) is 5.75 Å². The van der Waals surface area contributed by atoms with E-state index in [-0.39, 0.29) is 0 Å². The summed E-state index contributed by atoms with van der Waals surface area (Å²) >= 11 is 0. The average Bonchev–Trinajstić information content (AvgIpc) is 2.45. The first kappa shape index (κ1) is 10.5. The van der Waals surface area contributed by atoms with E-state index < -0.39 is 0 Å². The normalized spacial score (nSPS) is 12.6. The number of hydrogen-bond acceptors (Lipinski definition) is 2. The summed E-state index contributed by atoms with van der Waals surface area (Å²) in [5.74, 6) is 0.859. The van der Waals surface area contributed by atoms with Gasteiger partial charge in [-0.15, -0.1) is 0 Å². The van der Waals surface area contributed by atoms with Gasteiger partial charge in [0.25, 0.3) is 0 Å². The molecule has 1 aliphatic heterocycles. The van der Waals surface area contributed by atoms with Gasteiger partial charge in [-0.05, 0) is 19.1 Å². The highest BCUT2D eigenvalue weighted by Gasteiger charge is 2.01. The lowest BCUT2D eigenvalue weighted by Crippen LogP contribution is -1.85. The van der Waals surface area contributed by atoms with E-state index in [4.69, 9.17) is 4.74 Å². The second-order valence-electron chi connectivity index (χ2n) is 2.67. The third-order valence-corrected chi connectivity index (χ3v) is 1.68. The first-order chi connectivity index (χ1) is 6.86. The van der Waals surface area contributed by atoms with Gasteiger partial charge in [0.15, 0.2) is 0 Å². The molecule has 2 nitrogen and oxygen atoms in total. The van der Waals surface area contributed by atoms with Gasteiger partial charge in [0.05, 0.1) is 5.70 Å². The lowest BCUT2D eigenvalue weighted by molar-refractivity contribution is 0.476. The van der Waals surface area contributed by atoms with E-state index in [1.807, 2.05) is 51.3 Å². The quantitative estimate of drug-likeness (QED) is 0.613. The Bertz CT molecular complexity index is 353. The standard InChI is InChI=1S/C10H9NO.C2H6/c1-8-7-12-10-5-3-2-4-9(10)6-11-8;1-2/h2-7H,1H3;1-2H3. The summed E-state index contributed by atoms with van der Waals surface area (Å²) in [5, 5.41) is 0. The maximum Gasteiger partial charge on any atom is 0.135 e. The molecule has 1 aliphatic rings. The van der Waals surface area contributed by atoms with Gasteiger partial charge in [0.1, 0.15) is 12.0 Å². The molecule has 0 spiro atoms. The molecule has 0 atom stereocenters. The maximum absolute atomic E-state index is 5.37. The smallest absolute Gasteiger partial charge is 0.135 e. The SMILES string of the molecule is CC.CC1=COc2ccccc2C=N1. The molecular weight excluding hydrogens is 174 g/mol. The Morgan fingerprint density at radius 3 is 2.64 bits per heavy atom. The minimum Gasteiger partial charge on any atom is -0.462 e. The van der Waals surface area contributed by atoms with Gasteiger partial charge in [-0.25, -0.2) is 0 Å². The molecule has 0 amide bonds. The van der Waals surface area contributed by atoms with E-state index in [0.717, 1.165) is 17.0 Å². The number of benzene rings is 1. The Morgan fingerprint density at radius 2 is 1.86 bits per heavy atom. The van der Waals surface area contributed by atoms with Crippen molar-refractivity contribution in [1.82, 2.24) is 0 Å². The fraction of sp³-hybridized carbons (Fsp3) is 0.250. The molecule has 0 radical (unpaired) electrons. The fourth-order valence-corrected chi connectivity index (χ4v) is 1.05. The summed E-state index contributed by atoms with van der Waals surface area (Å²) in [6.45, 7) is 5.91. The van der Waals surface area contributed by atoms with Crippen LogP contribution in [0.3, 0.4) is 0 Å². The van der Waals surface area contributed by atoms with Crippen LogP contribution in [0.25, 0.3) is 0 Å². The first-order valence-corrected chi connectivity index (χ1v) is 4.83. The minimum absolute atomic E-state index is 0.859. The highest BCUT2D eigenvalue weighted by molar-refractivity contribution is 5.84. The second kappa shape index (κ2) is 5.22. The van der Waals surface area contributed by atoms with E-state index in [0.29, 0.717) is 0 Å². The van der Waals surface area contributed by atoms with Crippen molar-refractivity contribution >= 4 is 6.21 Å². The number of hydrogen-bond donors (Lipinski definition) is 0. The van der Waals surface area contributed by atoms with Crippen molar-refractivity contribution in [3.8, 4) is 5.75 Å². The van der Waals surface area contributed by atoms with Crippen LogP contribution < -0.4 is 4.74 Å². The molecule has 0 fully saturated rings. The van der Waals surface area contributed by atoms with E-state index in [1.54, 1.807) is 6.26 Å². The molecular formula is C12H15NO. The molecule has 0 saturated heterocycles. The van der Waals surface area contributed by atoms with Crippen LogP contribution in [0.1, 0.15) is 26.3 Å². The predicted molar refractivity (Wildman–Crippen MR) is 59.8 cm³/mol. The van der Waals surface area contributed by atoms with Crippen molar-refractivity contribution in [3.05, 3.63) is 41.8 Å². The highest BCUT2D eigenvalue weighted by Crippen LogP contribution is 2.19. The molecule has 1 heterocycles. The minimum atomic E-state index is 0.859. The van der Waals surface area contributed by atoms with Gasteiger partial charge in [0.2, 0.25) is 0 Å². The molecule has 0 aromatic heterocycles. The summed E-state index contributed by atoms with van der Waals surface area (Å²) in [7, 11) is 0. The van der Waals surface area contributed by atoms with Gasteiger partial charge < -0.3 is 4.74 Å². The first-order valence-electron chi connectivity index (χ1n) is 4.83. The molecule has 1 aromatic carbocycles. The Morgan fingerprint density at radius 1 is 1.14 bits per heavy atom. The Kier molecular flexibility index (Phi) is 3.92. The van der Waals surface area contributed by atoms with Crippen LogP contribution >= 0.6 is 0 Å². The Balaban J connectivity index is 0.000000461. The largest absolute Gasteiger partial charge is 0.462 e. The van der Waals surface area contributed by atoms with Crippen molar-refractivity contribution in [2.24, 2.45) is 4.99 Å². The van der Waals surface area contributed by atoms with Crippen LogP contribution in [0.15, 0.2) is 41.2 Å². The van der Waals surface area contributed by atoms with Crippen molar-refractivity contribution in [2.75, 3.05) is 0 Å². The summed E-state index contributed by atoms with van der Waals surface area (Å²) < 4.78 is 5.37. The van der Waals surface area contributed by atoms with Crippen LogP contribution in [-0.4, -0.2) is 6.21 Å². The lowest BCUT2D eigenvalue weighted by Gasteiger charge is -2.00. The van der Waals surface area contributed by atoms with E-state index >= 15 is 0 Å². The molecule has 2 heteroatoms. The zero-order valence-electron chi connectivity index (χ0n) is 8.82. The molecule has 0 unspecified atom stereocenters. The number of para-hydroxylation sites is 1. The highest BCUT2D eigenvalue weighted by atomic mass is 16.5. The molecule has 1 aromatic rings. The van der Waals surface area contributed by atoms with E-state index in [2.05, 4.69) is 4.99 Å². The molecule has 0 bridgehead atoms. The third kappa shape index (κ3) is 2.46. The van der Waals surface area contributed by atoms with Crippen molar-refractivity contribution in [2.45, 2.75) is 20.8 Å². The molecule has 74 valence electrons. The van der Waals surface area contributed by atoms with Gasteiger partial charge in [0, 0.05) is 11.8 Å². The number of ether oxygens (including phenoxy) is 1. The summed E-state index contributed by atoms with van der Waals surface area (Å²) in [4.78, 5) is 4.18. The Hall–Kier alpha value is -1.57. The van der Waals surface area contributed by atoms with Gasteiger partial charge in [-0.1, -0.05) is 26.0 Å². The van der Waals surface area contributed by atoms with E-state index in [1.165, 1.54) is 0 Å². The predicted octanol–water partition coefficient (Wildman–Crippen LogP) is 3.39. The number of allylic oxidation sites excluding steroid dienone is 1. The van der Waals surface area contributed by atoms with Crippen molar-refractivity contribution in [1.29, 1.82) is 0 Å². The number of fused-ring (bicyclic) bond motifs is 1. The molecule has 2 rings (SSSR count). The van der Waals surface area contributed by atoms with Crippen LogP contribution in [-0.2, 0) is 0 Å². The van der Waals surface area contributed by atoms with Gasteiger partial charge >= 0.3 is 0 Å². The van der Waals surface area contributed by atoms with Crippen LogP contribution in [0, 0.1) is 0 Å². The molecule has 0 N–H and O–H groups in total. The number of aliphatic imine (C=N–C) groups is 1. The zero-order chi connectivity index (χ0) is 10.4. The van der Waals surface area contributed by atoms with Crippen LogP contribution in [0.4, 0.5) is 0 Å². The van der Waals surface area contributed by atoms with Crippen LogP contribution in [0.2, 0.25) is 0 Å². The Labute approximate surface area is 84.9 Å². The average molecular weight is 189 g/mol.